The van der Waals surface area contributed by atoms with Crippen LogP contribution in [0.4, 0.5) is 14.5 Å². The number of halogens is 2. The summed E-state index contributed by atoms with van der Waals surface area (Å²) in [7, 11) is 1.68. The van der Waals surface area contributed by atoms with Crippen LogP contribution < -0.4 is 4.90 Å². The number of nitrogens with zero attached hydrogens (tertiary/aromatic N) is 2. The van der Waals surface area contributed by atoms with Crippen LogP contribution in [0.1, 0.15) is 18.9 Å². The Morgan fingerprint density at radius 3 is 2.33 bits per heavy atom. The van der Waals surface area contributed by atoms with E-state index in [2.05, 4.69) is 0 Å². The molecule has 5 heteroatoms. The summed E-state index contributed by atoms with van der Waals surface area (Å²) in [6.07, 6.45) is 2.76. The fourth-order valence-electron chi connectivity index (χ4n) is 1.85. The predicted molar refractivity (Wildman–Crippen MR) is 71.9 cm³/mol. The molecule has 0 N–H and O–H groups in total. The van der Waals surface area contributed by atoms with Gasteiger partial charge in [0, 0.05) is 18.8 Å². The van der Waals surface area contributed by atoms with Gasteiger partial charge < -0.3 is 4.90 Å². The quantitative estimate of drug-likeness (QED) is 0.820. The molecule has 0 bridgehead atoms. The molecule has 0 saturated carbocycles. The van der Waals surface area contributed by atoms with E-state index in [1.807, 2.05) is 13.2 Å². The van der Waals surface area contributed by atoms with Crippen molar-refractivity contribution in [1.82, 2.24) is 0 Å². The molecule has 0 aliphatic heterocycles. The molecule has 0 aliphatic rings. The average Bonchev–Trinajstić information content (AvgIpc) is 2.34. The van der Waals surface area contributed by atoms with E-state index >= 15 is 0 Å². The molecule has 0 aromatic heterocycles. The fourth-order valence-corrected chi connectivity index (χ4v) is 2.69. The van der Waals surface area contributed by atoms with Crippen molar-refractivity contribution < 1.29 is 8.78 Å². The highest BCUT2D eigenvalue weighted by Crippen LogP contribution is 2.27. The summed E-state index contributed by atoms with van der Waals surface area (Å²) in [6.45, 7) is 1.98. The molecule has 0 heterocycles. The van der Waals surface area contributed by atoms with Crippen molar-refractivity contribution in [1.29, 1.82) is 5.26 Å². The summed E-state index contributed by atoms with van der Waals surface area (Å²) in [6, 6.07) is 3.95. The first kappa shape index (κ1) is 14.8. The Morgan fingerprint density at radius 2 is 1.94 bits per heavy atom. The van der Waals surface area contributed by atoms with E-state index in [4.69, 9.17) is 5.26 Å². The Morgan fingerprint density at radius 1 is 1.39 bits per heavy atom. The first-order valence-electron chi connectivity index (χ1n) is 5.66. The van der Waals surface area contributed by atoms with Crippen LogP contribution in [-0.2, 0) is 0 Å². The van der Waals surface area contributed by atoms with E-state index in [0.29, 0.717) is 0 Å². The minimum absolute atomic E-state index is 0.0000602. The zero-order chi connectivity index (χ0) is 13.7. The number of hydrogen-bond donors (Lipinski definition) is 0. The molecule has 0 radical (unpaired) electrons. The van der Waals surface area contributed by atoms with Crippen molar-refractivity contribution in [2.45, 2.75) is 19.4 Å². The van der Waals surface area contributed by atoms with Gasteiger partial charge in [-0.15, -0.1) is 0 Å². The van der Waals surface area contributed by atoms with E-state index in [1.165, 1.54) is 0 Å². The lowest BCUT2D eigenvalue weighted by molar-refractivity contribution is 0.558. The second-order valence-corrected chi connectivity index (χ2v) is 4.94. The van der Waals surface area contributed by atoms with Gasteiger partial charge in [-0.2, -0.15) is 17.0 Å². The summed E-state index contributed by atoms with van der Waals surface area (Å²) in [4.78, 5) is 1.61. The Kier molecular flexibility index (Phi) is 5.42. The second-order valence-electron chi connectivity index (χ2n) is 4.03. The van der Waals surface area contributed by atoms with E-state index in [-0.39, 0.29) is 17.3 Å². The highest BCUT2D eigenvalue weighted by molar-refractivity contribution is 7.98. The van der Waals surface area contributed by atoms with Gasteiger partial charge in [-0.3, -0.25) is 0 Å². The topological polar surface area (TPSA) is 27.0 Å². The number of hydrogen-bond acceptors (Lipinski definition) is 3. The van der Waals surface area contributed by atoms with Gasteiger partial charge >= 0.3 is 0 Å². The molecule has 0 fully saturated rings. The zero-order valence-electron chi connectivity index (χ0n) is 10.7. The minimum Gasteiger partial charge on any atom is -0.366 e. The highest BCUT2D eigenvalue weighted by Gasteiger charge is 2.20. The molecular formula is C13H16F2N2S. The summed E-state index contributed by atoms with van der Waals surface area (Å²) >= 11 is 1.64. The Bertz CT molecular complexity index is 434. The van der Waals surface area contributed by atoms with Crippen LogP contribution in [0.3, 0.4) is 0 Å². The summed E-state index contributed by atoms with van der Waals surface area (Å²) < 4.78 is 27.7. The molecule has 0 amide bonds. The third kappa shape index (κ3) is 3.14. The predicted octanol–water partition coefficient (Wildman–Crippen LogP) is 3.41. The molecule has 1 aromatic rings. The van der Waals surface area contributed by atoms with Crippen LogP contribution in [0.25, 0.3) is 0 Å². The maximum Gasteiger partial charge on any atom is 0.150 e. The maximum atomic E-state index is 13.8. The number of thioether (sulfide) groups is 1. The third-order valence-corrected chi connectivity index (χ3v) is 3.59. The van der Waals surface area contributed by atoms with Gasteiger partial charge in [0.1, 0.15) is 5.69 Å². The largest absolute Gasteiger partial charge is 0.366 e. The van der Waals surface area contributed by atoms with Crippen molar-refractivity contribution >= 4 is 17.4 Å². The Balaban J connectivity index is 3.13. The normalized spacial score (nSPS) is 12.0. The summed E-state index contributed by atoms with van der Waals surface area (Å²) in [5, 5.41) is 8.66. The van der Waals surface area contributed by atoms with Crippen LogP contribution in [0, 0.1) is 23.0 Å². The van der Waals surface area contributed by atoms with Gasteiger partial charge in [0.05, 0.1) is 11.6 Å². The molecule has 1 unspecified atom stereocenters. The van der Waals surface area contributed by atoms with Crippen molar-refractivity contribution in [3.63, 3.8) is 0 Å². The minimum atomic E-state index is -0.686. The summed E-state index contributed by atoms with van der Waals surface area (Å²) in [5.41, 5.74) is -0.0602. The van der Waals surface area contributed by atoms with Crippen molar-refractivity contribution in [3.8, 4) is 6.07 Å². The molecule has 1 rings (SSSR count). The summed E-state index contributed by atoms with van der Waals surface area (Å²) in [5.74, 6) is -0.575. The van der Waals surface area contributed by atoms with Gasteiger partial charge in [-0.25, -0.2) is 8.78 Å². The first-order valence-corrected chi connectivity index (χ1v) is 7.05. The average molecular weight is 270 g/mol. The van der Waals surface area contributed by atoms with Crippen molar-refractivity contribution in [2.24, 2.45) is 0 Å². The van der Waals surface area contributed by atoms with Gasteiger partial charge in [0.15, 0.2) is 11.6 Å². The van der Waals surface area contributed by atoms with Crippen LogP contribution >= 0.6 is 11.8 Å². The molecule has 0 saturated heterocycles. The van der Waals surface area contributed by atoms with Crippen LogP contribution in [0.15, 0.2) is 12.1 Å². The lowest BCUT2D eigenvalue weighted by Gasteiger charge is -2.29. The standard InChI is InChI=1S/C13H16F2N2S/c1-4-10(8-18-3)17(2)13-11(14)5-9(7-16)6-12(13)15/h5-6,10H,4,8H2,1-3H3. The first-order chi connectivity index (χ1) is 8.54. The SMILES string of the molecule is CCC(CSC)N(C)c1c(F)cc(C#N)cc1F. The van der Waals surface area contributed by atoms with E-state index in [0.717, 1.165) is 24.3 Å². The van der Waals surface area contributed by atoms with Gasteiger partial charge in [-0.05, 0) is 24.8 Å². The second kappa shape index (κ2) is 6.60. The number of anilines is 1. The van der Waals surface area contributed by atoms with E-state index in [1.54, 1.807) is 29.8 Å². The highest BCUT2D eigenvalue weighted by atomic mass is 32.2. The molecule has 0 aliphatic carbocycles. The molecular weight excluding hydrogens is 254 g/mol. The number of rotatable bonds is 5. The van der Waals surface area contributed by atoms with E-state index in [9.17, 15) is 8.78 Å². The van der Waals surface area contributed by atoms with Crippen molar-refractivity contribution in [2.75, 3.05) is 24.0 Å². The monoisotopic (exact) mass is 270 g/mol. The molecule has 1 atom stereocenters. The third-order valence-electron chi connectivity index (χ3n) is 2.88. The molecule has 1 aromatic carbocycles. The molecule has 0 spiro atoms. The van der Waals surface area contributed by atoms with Gasteiger partial charge in [-0.1, -0.05) is 6.92 Å². The Hall–Kier alpha value is -1.28. The lowest BCUT2D eigenvalue weighted by atomic mass is 10.1. The fraction of sp³-hybridized carbons (Fsp3) is 0.462. The number of benzene rings is 1. The Labute approximate surface area is 111 Å². The smallest absolute Gasteiger partial charge is 0.150 e. The van der Waals surface area contributed by atoms with Crippen molar-refractivity contribution in [3.05, 3.63) is 29.3 Å². The number of nitriles is 1. The molecule has 98 valence electrons. The molecule has 2 nitrogen and oxygen atoms in total. The molecule has 18 heavy (non-hydrogen) atoms. The van der Waals surface area contributed by atoms with Gasteiger partial charge in [0.25, 0.3) is 0 Å². The maximum absolute atomic E-state index is 13.8. The lowest BCUT2D eigenvalue weighted by Crippen LogP contribution is -2.34. The van der Waals surface area contributed by atoms with Gasteiger partial charge in [0.2, 0.25) is 0 Å². The van der Waals surface area contributed by atoms with Crippen LogP contribution in [-0.4, -0.2) is 25.1 Å². The zero-order valence-corrected chi connectivity index (χ0v) is 11.5. The van der Waals surface area contributed by atoms with Crippen LogP contribution in [0.2, 0.25) is 0 Å². The van der Waals surface area contributed by atoms with Crippen LogP contribution in [0.5, 0.6) is 0 Å². The van der Waals surface area contributed by atoms with E-state index < -0.39 is 11.6 Å².